The summed E-state index contributed by atoms with van der Waals surface area (Å²) in [6.07, 6.45) is 0. The van der Waals surface area contributed by atoms with Crippen LogP contribution in [0.4, 0.5) is 11.4 Å². The van der Waals surface area contributed by atoms with Gasteiger partial charge in [-0.15, -0.1) is 0 Å². The van der Waals surface area contributed by atoms with E-state index in [0.717, 1.165) is 16.8 Å². The van der Waals surface area contributed by atoms with Crippen molar-refractivity contribution < 1.29 is 19.4 Å². The highest BCUT2D eigenvalue weighted by Gasteiger charge is 2.47. The van der Waals surface area contributed by atoms with E-state index in [1.165, 1.54) is 12.0 Å². The van der Waals surface area contributed by atoms with Crippen molar-refractivity contribution in [2.24, 2.45) is 0 Å². The molecule has 6 heteroatoms. The van der Waals surface area contributed by atoms with Crippen LogP contribution in [-0.2, 0) is 15.0 Å². The molecule has 0 bridgehead atoms. The molecule has 0 radical (unpaired) electrons. The fourth-order valence-electron chi connectivity index (χ4n) is 4.48. The number of rotatable bonds is 5. The molecular formula is C30H32N2O4. The fraction of sp³-hybridized carbons (Fsp3) is 0.267. The molecule has 0 saturated carbocycles. The van der Waals surface area contributed by atoms with Crippen LogP contribution in [0.25, 0.3) is 5.76 Å². The van der Waals surface area contributed by atoms with E-state index in [0.29, 0.717) is 17.0 Å². The van der Waals surface area contributed by atoms with E-state index < -0.39 is 17.7 Å². The van der Waals surface area contributed by atoms with E-state index in [9.17, 15) is 14.7 Å². The Kier molecular flexibility index (Phi) is 6.63. The number of aliphatic hydroxyl groups is 1. The van der Waals surface area contributed by atoms with E-state index in [2.05, 4.69) is 20.8 Å². The molecule has 1 fully saturated rings. The lowest BCUT2D eigenvalue weighted by Crippen LogP contribution is -2.29. The molecule has 186 valence electrons. The third-order valence-corrected chi connectivity index (χ3v) is 6.54. The lowest BCUT2D eigenvalue weighted by Gasteiger charge is -2.27. The molecule has 1 amide bonds. The second-order valence-corrected chi connectivity index (χ2v) is 10.2. The van der Waals surface area contributed by atoms with Gasteiger partial charge < -0.3 is 14.7 Å². The molecule has 1 N–H and O–H groups in total. The topological polar surface area (TPSA) is 70.1 Å². The number of para-hydroxylation sites is 1. The van der Waals surface area contributed by atoms with Gasteiger partial charge in [-0.05, 0) is 52.9 Å². The predicted molar refractivity (Wildman–Crippen MR) is 144 cm³/mol. The number of ketones is 1. The third-order valence-electron chi connectivity index (χ3n) is 6.54. The summed E-state index contributed by atoms with van der Waals surface area (Å²) in [6, 6.07) is 21.4. The summed E-state index contributed by atoms with van der Waals surface area (Å²) in [7, 11) is 5.37. The van der Waals surface area contributed by atoms with Gasteiger partial charge in [0.2, 0.25) is 0 Å². The average Bonchev–Trinajstić information content (AvgIpc) is 3.13. The molecule has 6 nitrogen and oxygen atoms in total. The molecule has 0 aliphatic carbocycles. The molecule has 1 heterocycles. The van der Waals surface area contributed by atoms with Gasteiger partial charge in [0, 0.05) is 25.5 Å². The lowest BCUT2D eigenvalue weighted by atomic mass is 9.85. The maximum absolute atomic E-state index is 13.4. The Morgan fingerprint density at radius 1 is 0.917 bits per heavy atom. The third kappa shape index (κ3) is 4.47. The molecule has 3 aromatic rings. The number of aliphatic hydroxyl groups excluding tert-OH is 1. The van der Waals surface area contributed by atoms with Crippen LogP contribution < -0.4 is 14.5 Å². The van der Waals surface area contributed by atoms with Crippen molar-refractivity contribution in [1.82, 2.24) is 0 Å². The maximum Gasteiger partial charge on any atom is 0.300 e. The number of carbonyl (C=O) groups excluding carboxylic acids is 2. The van der Waals surface area contributed by atoms with Crippen LogP contribution in [0.15, 0.2) is 78.4 Å². The fourth-order valence-corrected chi connectivity index (χ4v) is 4.48. The molecule has 1 atom stereocenters. The summed E-state index contributed by atoms with van der Waals surface area (Å²) in [6.45, 7) is 6.38. The second kappa shape index (κ2) is 9.53. The van der Waals surface area contributed by atoms with Crippen molar-refractivity contribution >= 4 is 28.8 Å². The summed E-state index contributed by atoms with van der Waals surface area (Å²) in [5.74, 6) is -1.27. The van der Waals surface area contributed by atoms with Crippen LogP contribution in [0.2, 0.25) is 0 Å². The standard InChI is InChI=1S/C30H32N2O4/c1-30(2,3)20-13-11-19(12-14-20)26-25(27(33)23-9-7-8-10-24(23)36-6)28(34)29(35)32(26)22-17-15-21(16-18-22)31(4)5/h7-18,26,33H,1-6H3/b27-25-. The summed E-state index contributed by atoms with van der Waals surface area (Å²) in [4.78, 5) is 30.3. The van der Waals surface area contributed by atoms with E-state index in [1.54, 1.807) is 24.3 Å². The number of ether oxygens (including phenoxy) is 1. The quantitative estimate of drug-likeness (QED) is 0.286. The Hall–Kier alpha value is -4.06. The van der Waals surface area contributed by atoms with E-state index in [4.69, 9.17) is 4.74 Å². The molecule has 0 spiro atoms. The Morgan fingerprint density at radius 2 is 1.53 bits per heavy atom. The Labute approximate surface area is 212 Å². The highest BCUT2D eigenvalue weighted by Crippen LogP contribution is 2.43. The number of hydrogen-bond donors (Lipinski definition) is 1. The predicted octanol–water partition coefficient (Wildman–Crippen LogP) is 5.69. The number of methoxy groups -OCH3 is 1. The zero-order valence-electron chi connectivity index (χ0n) is 21.6. The van der Waals surface area contributed by atoms with Crippen LogP contribution in [0.3, 0.4) is 0 Å². The van der Waals surface area contributed by atoms with Gasteiger partial charge in [-0.1, -0.05) is 57.2 Å². The number of anilines is 2. The minimum absolute atomic E-state index is 0.0321. The zero-order chi connectivity index (χ0) is 26.2. The number of carbonyl (C=O) groups is 2. The van der Waals surface area contributed by atoms with Gasteiger partial charge in [0.05, 0.1) is 24.3 Å². The number of amides is 1. The van der Waals surface area contributed by atoms with Crippen LogP contribution >= 0.6 is 0 Å². The van der Waals surface area contributed by atoms with Gasteiger partial charge in [0.15, 0.2) is 0 Å². The van der Waals surface area contributed by atoms with Gasteiger partial charge in [-0.3, -0.25) is 14.5 Å². The van der Waals surface area contributed by atoms with Crippen molar-refractivity contribution in [3.8, 4) is 5.75 Å². The summed E-state index contributed by atoms with van der Waals surface area (Å²) >= 11 is 0. The van der Waals surface area contributed by atoms with Gasteiger partial charge in [0.1, 0.15) is 11.5 Å². The molecule has 0 aromatic heterocycles. The molecule has 1 unspecified atom stereocenters. The Balaban J connectivity index is 1.93. The first-order valence-electron chi connectivity index (χ1n) is 11.9. The molecule has 4 rings (SSSR count). The Morgan fingerprint density at radius 3 is 2.08 bits per heavy atom. The molecular weight excluding hydrogens is 452 g/mol. The minimum Gasteiger partial charge on any atom is -0.507 e. The van der Waals surface area contributed by atoms with Crippen molar-refractivity contribution in [3.05, 3.63) is 95.1 Å². The van der Waals surface area contributed by atoms with Crippen LogP contribution in [0.1, 0.15) is 43.5 Å². The first-order valence-corrected chi connectivity index (χ1v) is 11.9. The number of benzene rings is 3. The van der Waals surface area contributed by atoms with Gasteiger partial charge in [-0.25, -0.2) is 0 Å². The normalized spacial score (nSPS) is 17.4. The highest BCUT2D eigenvalue weighted by molar-refractivity contribution is 6.51. The monoisotopic (exact) mass is 484 g/mol. The Bertz CT molecular complexity index is 1320. The van der Waals surface area contributed by atoms with Gasteiger partial charge in [-0.2, -0.15) is 0 Å². The first kappa shape index (κ1) is 25.0. The molecule has 1 aliphatic rings. The van der Waals surface area contributed by atoms with E-state index in [1.807, 2.05) is 67.5 Å². The van der Waals surface area contributed by atoms with Crippen LogP contribution in [0.5, 0.6) is 5.75 Å². The highest BCUT2D eigenvalue weighted by atomic mass is 16.5. The summed E-state index contributed by atoms with van der Waals surface area (Å²) in [5, 5.41) is 11.4. The summed E-state index contributed by atoms with van der Waals surface area (Å²) < 4.78 is 5.42. The molecule has 3 aromatic carbocycles. The maximum atomic E-state index is 13.4. The van der Waals surface area contributed by atoms with Crippen molar-refractivity contribution in [1.29, 1.82) is 0 Å². The van der Waals surface area contributed by atoms with Gasteiger partial charge >= 0.3 is 0 Å². The number of nitrogens with zero attached hydrogens (tertiary/aromatic N) is 2. The van der Waals surface area contributed by atoms with Gasteiger partial charge in [0.25, 0.3) is 11.7 Å². The SMILES string of the molecule is COc1ccccc1/C(O)=C1/C(=O)C(=O)N(c2ccc(N(C)C)cc2)C1c1ccc(C(C)(C)C)cc1. The van der Waals surface area contributed by atoms with Crippen LogP contribution in [-0.4, -0.2) is 38.0 Å². The largest absolute Gasteiger partial charge is 0.507 e. The zero-order valence-corrected chi connectivity index (χ0v) is 21.6. The van der Waals surface area contributed by atoms with Crippen molar-refractivity contribution in [2.75, 3.05) is 31.0 Å². The second-order valence-electron chi connectivity index (χ2n) is 10.2. The summed E-state index contributed by atoms with van der Waals surface area (Å²) in [5.41, 5.74) is 3.74. The first-order chi connectivity index (χ1) is 17.0. The van der Waals surface area contributed by atoms with E-state index >= 15 is 0 Å². The lowest BCUT2D eigenvalue weighted by molar-refractivity contribution is -0.132. The molecule has 1 saturated heterocycles. The minimum atomic E-state index is -0.797. The molecule has 1 aliphatic heterocycles. The van der Waals surface area contributed by atoms with Crippen LogP contribution in [0, 0.1) is 0 Å². The number of Topliss-reactive ketones (excluding diaryl/α,β-unsaturated/α-hetero) is 1. The average molecular weight is 485 g/mol. The van der Waals surface area contributed by atoms with Crippen molar-refractivity contribution in [2.45, 2.75) is 32.2 Å². The smallest absolute Gasteiger partial charge is 0.300 e. The molecule has 36 heavy (non-hydrogen) atoms. The van der Waals surface area contributed by atoms with Crippen molar-refractivity contribution in [3.63, 3.8) is 0 Å². The number of hydrogen-bond acceptors (Lipinski definition) is 5. The van der Waals surface area contributed by atoms with E-state index in [-0.39, 0.29) is 16.7 Å².